The molecule has 118 valence electrons. The SMILES string of the molecule is CC[C@H](c1ccc(O)cc1)[C@@H](CC)c1ccc(O)c(OC)c1. The normalized spacial score (nSPS) is 13.6. The van der Waals surface area contributed by atoms with Crippen molar-refractivity contribution in [2.75, 3.05) is 7.11 Å². The summed E-state index contributed by atoms with van der Waals surface area (Å²) in [6.45, 7) is 4.35. The van der Waals surface area contributed by atoms with Gasteiger partial charge in [-0.3, -0.25) is 0 Å². The Labute approximate surface area is 132 Å². The van der Waals surface area contributed by atoms with Crippen LogP contribution in [0.15, 0.2) is 42.5 Å². The Balaban J connectivity index is 2.38. The van der Waals surface area contributed by atoms with E-state index in [0.717, 1.165) is 18.4 Å². The summed E-state index contributed by atoms with van der Waals surface area (Å²) >= 11 is 0. The first kappa shape index (κ1) is 16.2. The van der Waals surface area contributed by atoms with E-state index in [0.29, 0.717) is 17.6 Å². The first-order valence-corrected chi connectivity index (χ1v) is 7.76. The molecular formula is C19H24O3. The number of hydrogen-bond acceptors (Lipinski definition) is 3. The minimum absolute atomic E-state index is 0.166. The van der Waals surface area contributed by atoms with Gasteiger partial charge < -0.3 is 14.9 Å². The first-order chi connectivity index (χ1) is 10.6. The molecule has 0 aliphatic carbocycles. The lowest BCUT2D eigenvalue weighted by Gasteiger charge is -2.26. The summed E-state index contributed by atoms with van der Waals surface area (Å²) in [4.78, 5) is 0. The maximum absolute atomic E-state index is 9.78. The van der Waals surface area contributed by atoms with E-state index in [2.05, 4.69) is 13.8 Å². The van der Waals surface area contributed by atoms with Crippen LogP contribution in [-0.4, -0.2) is 17.3 Å². The molecule has 3 nitrogen and oxygen atoms in total. The molecule has 0 heterocycles. The quantitative estimate of drug-likeness (QED) is 0.806. The molecule has 0 amide bonds. The molecule has 2 aromatic carbocycles. The van der Waals surface area contributed by atoms with E-state index in [9.17, 15) is 10.2 Å². The van der Waals surface area contributed by atoms with Crippen molar-refractivity contribution in [2.45, 2.75) is 38.5 Å². The van der Waals surface area contributed by atoms with Crippen molar-refractivity contribution in [1.29, 1.82) is 0 Å². The van der Waals surface area contributed by atoms with Crippen molar-refractivity contribution in [1.82, 2.24) is 0 Å². The number of benzene rings is 2. The molecule has 0 aromatic heterocycles. The molecule has 2 N–H and O–H groups in total. The van der Waals surface area contributed by atoms with Crippen LogP contribution in [0.5, 0.6) is 17.2 Å². The van der Waals surface area contributed by atoms with Gasteiger partial charge in [-0.2, -0.15) is 0 Å². The van der Waals surface area contributed by atoms with E-state index in [-0.39, 0.29) is 11.5 Å². The Bertz CT molecular complexity index is 605. The summed E-state index contributed by atoms with van der Waals surface area (Å²) in [6, 6.07) is 13.0. The zero-order chi connectivity index (χ0) is 16.1. The Morgan fingerprint density at radius 2 is 1.41 bits per heavy atom. The summed E-state index contributed by atoms with van der Waals surface area (Å²) in [5.74, 6) is 1.66. The number of methoxy groups -OCH3 is 1. The topological polar surface area (TPSA) is 49.7 Å². The molecule has 2 aromatic rings. The van der Waals surface area contributed by atoms with Crippen molar-refractivity contribution in [3.05, 3.63) is 53.6 Å². The van der Waals surface area contributed by atoms with Crippen molar-refractivity contribution in [3.63, 3.8) is 0 Å². The highest BCUT2D eigenvalue weighted by atomic mass is 16.5. The number of phenolic OH excluding ortho intramolecular Hbond substituents is 2. The predicted molar refractivity (Wildman–Crippen MR) is 88.8 cm³/mol. The summed E-state index contributed by atoms with van der Waals surface area (Å²) in [5, 5.41) is 19.3. The van der Waals surface area contributed by atoms with Crippen LogP contribution in [0.2, 0.25) is 0 Å². The van der Waals surface area contributed by atoms with Gasteiger partial charge in [0.25, 0.3) is 0 Å². The maximum atomic E-state index is 9.78. The molecular weight excluding hydrogens is 276 g/mol. The first-order valence-electron chi connectivity index (χ1n) is 7.76. The van der Waals surface area contributed by atoms with Crippen LogP contribution in [0.3, 0.4) is 0 Å². The fourth-order valence-electron chi connectivity index (χ4n) is 3.15. The number of rotatable bonds is 6. The number of phenols is 2. The summed E-state index contributed by atoms with van der Waals surface area (Å²) in [5.41, 5.74) is 2.39. The Morgan fingerprint density at radius 3 is 1.95 bits per heavy atom. The molecule has 0 saturated heterocycles. The third-order valence-electron chi connectivity index (χ3n) is 4.32. The summed E-state index contributed by atoms with van der Waals surface area (Å²) in [7, 11) is 1.57. The molecule has 0 radical (unpaired) electrons. The molecule has 0 unspecified atom stereocenters. The van der Waals surface area contributed by atoms with Gasteiger partial charge in [-0.1, -0.05) is 32.0 Å². The second-order valence-corrected chi connectivity index (χ2v) is 5.55. The fraction of sp³-hybridized carbons (Fsp3) is 0.368. The molecule has 0 saturated carbocycles. The third kappa shape index (κ3) is 3.35. The van der Waals surface area contributed by atoms with Gasteiger partial charge in [0, 0.05) is 0 Å². The second kappa shape index (κ2) is 7.21. The van der Waals surface area contributed by atoms with Crippen molar-refractivity contribution >= 4 is 0 Å². The van der Waals surface area contributed by atoms with Gasteiger partial charge in [0.1, 0.15) is 5.75 Å². The monoisotopic (exact) mass is 300 g/mol. The molecule has 0 aliphatic heterocycles. The third-order valence-corrected chi connectivity index (χ3v) is 4.32. The highest BCUT2D eigenvalue weighted by molar-refractivity contribution is 5.44. The lowest BCUT2D eigenvalue weighted by atomic mass is 9.78. The van der Waals surface area contributed by atoms with E-state index < -0.39 is 0 Å². The second-order valence-electron chi connectivity index (χ2n) is 5.55. The van der Waals surface area contributed by atoms with Gasteiger partial charge >= 0.3 is 0 Å². The zero-order valence-corrected chi connectivity index (χ0v) is 13.4. The van der Waals surface area contributed by atoms with E-state index in [4.69, 9.17) is 4.74 Å². The van der Waals surface area contributed by atoms with E-state index in [1.807, 2.05) is 24.3 Å². The molecule has 0 aliphatic rings. The van der Waals surface area contributed by atoms with E-state index in [1.54, 1.807) is 25.3 Å². The summed E-state index contributed by atoms with van der Waals surface area (Å²) in [6.07, 6.45) is 2.00. The average molecular weight is 300 g/mol. The van der Waals surface area contributed by atoms with Crippen molar-refractivity contribution < 1.29 is 14.9 Å². The minimum atomic E-state index is 0.166. The fourth-order valence-corrected chi connectivity index (χ4v) is 3.15. The van der Waals surface area contributed by atoms with Crippen LogP contribution in [0.25, 0.3) is 0 Å². The summed E-state index contributed by atoms with van der Waals surface area (Å²) < 4.78 is 5.23. The largest absolute Gasteiger partial charge is 0.508 e. The van der Waals surface area contributed by atoms with Crippen molar-refractivity contribution in [2.24, 2.45) is 0 Å². The Hall–Kier alpha value is -2.16. The van der Waals surface area contributed by atoms with Gasteiger partial charge in [-0.05, 0) is 60.1 Å². The Kier molecular flexibility index (Phi) is 5.31. The van der Waals surface area contributed by atoms with Gasteiger partial charge in [-0.15, -0.1) is 0 Å². The Morgan fingerprint density at radius 1 is 0.864 bits per heavy atom. The molecule has 22 heavy (non-hydrogen) atoms. The van der Waals surface area contributed by atoms with E-state index >= 15 is 0 Å². The molecule has 0 bridgehead atoms. The maximum Gasteiger partial charge on any atom is 0.160 e. The standard InChI is InChI=1S/C19H24O3/c1-4-16(13-6-9-15(20)10-7-13)17(5-2)14-8-11-18(21)19(12-14)22-3/h6-12,16-17,20-21H,4-5H2,1-3H3/t16-,17+/m1/s1. The van der Waals surface area contributed by atoms with Crippen molar-refractivity contribution in [3.8, 4) is 17.2 Å². The smallest absolute Gasteiger partial charge is 0.160 e. The molecule has 0 spiro atoms. The van der Waals surface area contributed by atoms with Crippen LogP contribution in [0.4, 0.5) is 0 Å². The molecule has 0 fully saturated rings. The van der Waals surface area contributed by atoms with Crippen LogP contribution < -0.4 is 4.74 Å². The van der Waals surface area contributed by atoms with Crippen LogP contribution in [0.1, 0.15) is 49.7 Å². The van der Waals surface area contributed by atoms with Crippen LogP contribution >= 0.6 is 0 Å². The van der Waals surface area contributed by atoms with Gasteiger partial charge in [0.15, 0.2) is 11.5 Å². The molecule has 3 heteroatoms. The number of aromatic hydroxyl groups is 2. The number of hydrogen-bond donors (Lipinski definition) is 2. The lowest BCUT2D eigenvalue weighted by Crippen LogP contribution is -2.10. The zero-order valence-electron chi connectivity index (χ0n) is 13.4. The van der Waals surface area contributed by atoms with Crippen LogP contribution in [-0.2, 0) is 0 Å². The minimum Gasteiger partial charge on any atom is -0.508 e. The molecule has 2 atom stereocenters. The average Bonchev–Trinajstić information content (AvgIpc) is 2.54. The van der Waals surface area contributed by atoms with Gasteiger partial charge in [-0.25, -0.2) is 0 Å². The van der Waals surface area contributed by atoms with Gasteiger partial charge in [0.2, 0.25) is 0 Å². The van der Waals surface area contributed by atoms with E-state index in [1.165, 1.54) is 5.56 Å². The number of ether oxygens (including phenoxy) is 1. The lowest BCUT2D eigenvalue weighted by molar-refractivity contribution is 0.371. The highest BCUT2D eigenvalue weighted by Crippen LogP contribution is 2.40. The molecule has 2 rings (SSSR count). The van der Waals surface area contributed by atoms with Gasteiger partial charge in [0.05, 0.1) is 7.11 Å². The highest BCUT2D eigenvalue weighted by Gasteiger charge is 2.23. The predicted octanol–water partition coefficient (Wildman–Crippen LogP) is 4.79. The van der Waals surface area contributed by atoms with Crippen LogP contribution in [0, 0.1) is 0 Å².